The molecule has 0 amide bonds. The number of aromatic nitrogens is 2. The molecular formula is C17H13N3. The number of nitrogen functional groups attached to an aromatic ring is 1. The van der Waals surface area contributed by atoms with Gasteiger partial charge in [-0.15, -0.1) is 0 Å². The average molecular weight is 259 g/mol. The van der Waals surface area contributed by atoms with Crippen LogP contribution in [0.25, 0.3) is 33.1 Å². The van der Waals surface area contributed by atoms with Crippen LogP contribution in [0.1, 0.15) is 0 Å². The van der Waals surface area contributed by atoms with Crippen LogP contribution in [0.4, 0.5) is 5.69 Å². The Balaban J connectivity index is 2.00. The minimum absolute atomic E-state index is 0.781. The Morgan fingerprint density at radius 3 is 2.65 bits per heavy atom. The maximum atomic E-state index is 5.86. The molecule has 2 aromatic carbocycles. The minimum atomic E-state index is 0.781. The van der Waals surface area contributed by atoms with E-state index in [-0.39, 0.29) is 0 Å². The van der Waals surface area contributed by atoms with Crippen molar-refractivity contribution in [2.45, 2.75) is 0 Å². The number of anilines is 1. The van der Waals surface area contributed by atoms with E-state index < -0.39 is 0 Å². The van der Waals surface area contributed by atoms with Gasteiger partial charge in [0.25, 0.3) is 0 Å². The zero-order chi connectivity index (χ0) is 13.5. The van der Waals surface area contributed by atoms with Gasteiger partial charge in [-0.05, 0) is 47.5 Å². The van der Waals surface area contributed by atoms with Crippen LogP contribution in [0.3, 0.4) is 0 Å². The molecule has 20 heavy (non-hydrogen) atoms. The normalized spacial score (nSPS) is 11.2. The SMILES string of the molecule is Nc1cccc(-c2ccc3[nH]c4ncccc4c3c2)c1. The summed E-state index contributed by atoms with van der Waals surface area (Å²) in [5.74, 6) is 0. The first-order valence-electron chi connectivity index (χ1n) is 6.54. The molecule has 3 heteroatoms. The van der Waals surface area contributed by atoms with E-state index in [0.29, 0.717) is 0 Å². The summed E-state index contributed by atoms with van der Waals surface area (Å²) in [7, 11) is 0. The summed E-state index contributed by atoms with van der Waals surface area (Å²) >= 11 is 0. The highest BCUT2D eigenvalue weighted by Crippen LogP contribution is 2.29. The number of aromatic amines is 1. The third kappa shape index (κ3) is 1.64. The third-order valence-electron chi connectivity index (χ3n) is 3.59. The lowest BCUT2D eigenvalue weighted by atomic mass is 10.0. The third-order valence-corrected chi connectivity index (χ3v) is 3.59. The van der Waals surface area contributed by atoms with Gasteiger partial charge in [0, 0.05) is 28.2 Å². The van der Waals surface area contributed by atoms with E-state index in [1.54, 1.807) is 6.20 Å². The van der Waals surface area contributed by atoms with Gasteiger partial charge < -0.3 is 10.7 Å². The van der Waals surface area contributed by atoms with E-state index >= 15 is 0 Å². The van der Waals surface area contributed by atoms with E-state index in [4.69, 9.17) is 5.73 Å². The fourth-order valence-corrected chi connectivity index (χ4v) is 2.62. The molecule has 3 nitrogen and oxygen atoms in total. The van der Waals surface area contributed by atoms with Crippen molar-refractivity contribution < 1.29 is 0 Å². The number of rotatable bonds is 1. The summed E-state index contributed by atoms with van der Waals surface area (Å²) in [5.41, 5.74) is 11.0. The fraction of sp³-hybridized carbons (Fsp3) is 0. The fourth-order valence-electron chi connectivity index (χ4n) is 2.62. The van der Waals surface area contributed by atoms with Crippen molar-refractivity contribution in [3.8, 4) is 11.1 Å². The van der Waals surface area contributed by atoms with Gasteiger partial charge in [0.15, 0.2) is 0 Å². The summed E-state index contributed by atoms with van der Waals surface area (Å²) < 4.78 is 0. The van der Waals surface area contributed by atoms with Gasteiger partial charge in [0.1, 0.15) is 5.65 Å². The molecule has 4 rings (SSSR count). The summed E-state index contributed by atoms with van der Waals surface area (Å²) in [5, 5.41) is 2.33. The molecule has 0 aliphatic heterocycles. The topological polar surface area (TPSA) is 54.7 Å². The van der Waals surface area contributed by atoms with Crippen molar-refractivity contribution >= 4 is 27.6 Å². The molecule has 0 radical (unpaired) electrons. The van der Waals surface area contributed by atoms with E-state index in [1.165, 1.54) is 5.39 Å². The molecule has 0 fully saturated rings. The molecule has 0 bridgehead atoms. The largest absolute Gasteiger partial charge is 0.399 e. The van der Waals surface area contributed by atoms with Crippen LogP contribution in [-0.2, 0) is 0 Å². The highest BCUT2D eigenvalue weighted by Gasteiger charge is 2.06. The molecule has 0 aliphatic carbocycles. The smallest absolute Gasteiger partial charge is 0.138 e. The van der Waals surface area contributed by atoms with Crippen molar-refractivity contribution in [2.75, 3.05) is 5.73 Å². The van der Waals surface area contributed by atoms with Gasteiger partial charge in [0.05, 0.1) is 0 Å². The Labute approximate surface area is 116 Å². The lowest BCUT2D eigenvalue weighted by Crippen LogP contribution is -1.85. The highest BCUT2D eigenvalue weighted by molar-refractivity contribution is 6.07. The Kier molecular flexibility index (Phi) is 2.27. The monoisotopic (exact) mass is 259 g/mol. The number of pyridine rings is 1. The highest BCUT2D eigenvalue weighted by atomic mass is 14.8. The number of H-pyrrole nitrogens is 1. The zero-order valence-corrected chi connectivity index (χ0v) is 10.8. The number of nitrogens with two attached hydrogens (primary N) is 1. The van der Waals surface area contributed by atoms with Gasteiger partial charge in [-0.2, -0.15) is 0 Å². The van der Waals surface area contributed by atoms with Gasteiger partial charge in [0.2, 0.25) is 0 Å². The number of nitrogens with one attached hydrogen (secondary N) is 1. The number of nitrogens with zero attached hydrogens (tertiary/aromatic N) is 1. The van der Waals surface area contributed by atoms with Crippen LogP contribution in [0.2, 0.25) is 0 Å². The van der Waals surface area contributed by atoms with Crippen molar-refractivity contribution in [1.29, 1.82) is 0 Å². The zero-order valence-electron chi connectivity index (χ0n) is 10.8. The molecule has 0 saturated carbocycles. The van der Waals surface area contributed by atoms with Crippen LogP contribution >= 0.6 is 0 Å². The van der Waals surface area contributed by atoms with Gasteiger partial charge in [-0.25, -0.2) is 4.98 Å². The Hall–Kier alpha value is -2.81. The summed E-state index contributed by atoms with van der Waals surface area (Å²) in [6.45, 7) is 0. The minimum Gasteiger partial charge on any atom is -0.399 e. The second-order valence-electron chi connectivity index (χ2n) is 4.91. The molecule has 0 spiro atoms. The number of fused-ring (bicyclic) bond motifs is 3. The van der Waals surface area contributed by atoms with Crippen molar-refractivity contribution in [3.05, 3.63) is 60.8 Å². The van der Waals surface area contributed by atoms with Gasteiger partial charge in [-0.1, -0.05) is 18.2 Å². The second kappa shape index (κ2) is 4.10. The van der Waals surface area contributed by atoms with Crippen molar-refractivity contribution in [1.82, 2.24) is 9.97 Å². The predicted molar refractivity (Wildman–Crippen MR) is 83.4 cm³/mol. The van der Waals surface area contributed by atoms with Gasteiger partial charge >= 0.3 is 0 Å². The first-order chi connectivity index (χ1) is 9.81. The number of benzene rings is 2. The van der Waals surface area contributed by atoms with Gasteiger partial charge in [-0.3, -0.25) is 0 Å². The van der Waals surface area contributed by atoms with Crippen LogP contribution in [-0.4, -0.2) is 9.97 Å². The Morgan fingerprint density at radius 1 is 0.850 bits per heavy atom. The Bertz CT molecular complexity index is 922. The predicted octanol–water partition coefficient (Wildman–Crippen LogP) is 3.97. The molecule has 2 heterocycles. The first-order valence-corrected chi connectivity index (χ1v) is 6.54. The van der Waals surface area contributed by atoms with Crippen molar-refractivity contribution in [2.24, 2.45) is 0 Å². The van der Waals surface area contributed by atoms with Crippen molar-refractivity contribution in [3.63, 3.8) is 0 Å². The standard InChI is InChI=1S/C17H13N3/c18-13-4-1-3-11(9-13)12-6-7-16-15(10-12)14-5-2-8-19-17(14)20-16/h1-10H,18H2,(H,19,20). The van der Waals surface area contributed by atoms with Crippen LogP contribution in [0, 0.1) is 0 Å². The van der Waals surface area contributed by atoms with E-state index in [2.05, 4.69) is 40.3 Å². The van der Waals surface area contributed by atoms with E-state index in [1.807, 2.05) is 24.3 Å². The maximum absolute atomic E-state index is 5.86. The van der Waals surface area contributed by atoms with E-state index in [0.717, 1.165) is 33.4 Å². The summed E-state index contributed by atoms with van der Waals surface area (Å²) in [4.78, 5) is 7.69. The molecule has 0 aliphatic rings. The maximum Gasteiger partial charge on any atom is 0.138 e. The number of hydrogen-bond donors (Lipinski definition) is 2. The molecule has 0 saturated heterocycles. The molecular weight excluding hydrogens is 246 g/mol. The molecule has 4 aromatic rings. The molecule has 3 N–H and O–H groups in total. The summed E-state index contributed by atoms with van der Waals surface area (Å²) in [6, 6.07) is 18.4. The molecule has 0 unspecified atom stereocenters. The first kappa shape index (κ1) is 11.1. The average Bonchev–Trinajstić information content (AvgIpc) is 2.85. The van der Waals surface area contributed by atoms with Crippen LogP contribution in [0.15, 0.2) is 60.8 Å². The molecule has 0 atom stereocenters. The Morgan fingerprint density at radius 2 is 1.75 bits per heavy atom. The molecule has 96 valence electrons. The lowest BCUT2D eigenvalue weighted by Gasteiger charge is -2.03. The summed E-state index contributed by atoms with van der Waals surface area (Å²) in [6.07, 6.45) is 1.80. The quantitative estimate of drug-likeness (QED) is 0.508. The van der Waals surface area contributed by atoms with Crippen LogP contribution < -0.4 is 5.73 Å². The second-order valence-corrected chi connectivity index (χ2v) is 4.91. The lowest BCUT2D eigenvalue weighted by molar-refractivity contribution is 1.35. The van der Waals surface area contributed by atoms with E-state index in [9.17, 15) is 0 Å². The van der Waals surface area contributed by atoms with Crippen LogP contribution in [0.5, 0.6) is 0 Å². The number of hydrogen-bond acceptors (Lipinski definition) is 2. The molecule has 2 aromatic heterocycles.